The SMILES string of the molecule is Cc1cccc(NC2CCC2)c1C#N. The molecule has 1 aliphatic carbocycles. The molecule has 2 heteroatoms. The van der Waals surface area contributed by atoms with Crippen LogP contribution in [0.15, 0.2) is 18.2 Å². The molecule has 0 aliphatic heterocycles. The number of nitrogens with one attached hydrogen (secondary N) is 1. The van der Waals surface area contributed by atoms with Crippen molar-refractivity contribution in [3.05, 3.63) is 29.3 Å². The van der Waals surface area contributed by atoms with Crippen molar-refractivity contribution in [2.45, 2.75) is 32.2 Å². The van der Waals surface area contributed by atoms with Gasteiger partial charge in [-0.05, 0) is 37.8 Å². The average molecular weight is 186 g/mol. The van der Waals surface area contributed by atoms with Crippen LogP contribution in [-0.4, -0.2) is 6.04 Å². The zero-order chi connectivity index (χ0) is 9.97. The van der Waals surface area contributed by atoms with Gasteiger partial charge in [0.1, 0.15) is 6.07 Å². The van der Waals surface area contributed by atoms with Crippen LogP contribution >= 0.6 is 0 Å². The second kappa shape index (κ2) is 3.71. The molecule has 0 atom stereocenters. The lowest BCUT2D eigenvalue weighted by Gasteiger charge is -2.28. The van der Waals surface area contributed by atoms with E-state index in [0.717, 1.165) is 16.8 Å². The lowest BCUT2D eigenvalue weighted by Crippen LogP contribution is -2.27. The normalized spacial score (nSPS) is 15.7. The van der Waals surface area contributed by atoms with E-state index in [9.17, 15) is 0 Å². The molecular formula is C12H14N2. The molecule has 0 heterocycles. The number of hydrogen-bond acceptors (Lipinski definition) is 2. The molecule has 2 nitrogen and oxygen atoms in total. The fourth-order valence-electron chi connectivity index (χ4n) is 1.71. The van der Waals surface area contributed by atoms with E-state index in [1.165, 1.54) is 19.3 Å². The standard InChI is InChI=1S/C12H14N2/c1-9-4-2-7-12(11(9)8-13)14-10-5-3-6-10/h2,4,7,10,14H,3,5-6H2,1H3. The first-order valence-corrected chi connectivity index (χ1v) is 5.07. The van der Waals surface area contributed by atoms with E-state index in [1.54, 1.807) is 0 Å². The summed E-state index contributed by atoms with van der Waals surface area (Å²) in [4.78, 5) is 0. The Morgan fingerprint density at radius 3 is 2.79 bits per heavy atom. The molecule has 72 valence electrons. The van der Waals surface area contributed by atoms with Crippen molar-refractivity contribution in [3.8, 4) is 6.07 Å². The number of benzene rings is 1. The first-order chi connectivity index (χ1) is 6.81. The summed E-state index contributed by atoms with van der Waals surface area (Å²) in [7, 11) is 0. The van der Waals surface area contributed by atoms with Crippen molar-refractivity contribution in [2.24, 2.45) is 0 Å². The Morgan fingerprint density at radius 1 is 1.43 bits per heavy atom. The van der Waals surface area contributed by atoms with Crippen LogP contribution in [0.5, 0.6) is 0 Å². The highest BCUT2D eigenvalue weighted by Crippen LogP contribution is 2.26. The van der Waals surface area contributed by atoms with Crippen molar-refractivity contribution in [1.29, 1.82) is 5.26 Å². The van der Waals surface area contributed by atoms with Gasteiger partial charge in [0, 0.05) is 6.04 Å². The van der Waals surface area contributed by atoms with Gasteiger partial charge in [0.25, 0.3) is 0 Å². The number of nitriles is 1. The van der Waals surface area contributed by atoms with Gasteiger partial charge in [-0.15, -0.1) is 0 Å². The first kappa shape index (κ1) is 9.08. The molecule has 0 saturated heterocycles. The number of hydrogen-bond donors (Lipinski definition) is 1. The van der Waals surface area contributed by atoms with Gasteiger partial charge in [-0.2, -0.15) is 5.26 Å². The minimum atomic E-state index is 0.587. The van der Waals surface area contributed by atoms with Gasteiger partial charge < -0.3 is 5.32 Å². The molecule has 1 saturated carbocycles. The van der Waals surface area contributed by atoms with Crippen LogP contribution in [0, 0.1) is 18.3 Å². The number of aryl methyl sites for hydroxylation is 1. The maximum absolute atomic E-state index is 9.01. The van der Waals surface area contributed by atoms with Crippen LogP contribution in [0.25, 0.3) is 0 Å². The van der Waals surface area contributed by atoms with Crippen LogP contribution in [0.4, 0.5) is 5.69 Å². The Labute approximate surface area is 84.6 Å². The molecule has 0 radical (unpaired) electrons. The Kier molecular flexibility index (Phi) is 2.41. The Hall–Kier alpha value is -1.49. The second-order valence-corrected chi connectivity index (χ2v) is 3.88. The fourth-order valence-corrected chi connectivity index (χ4v) is 1.71. The molecule has 0 bridgehead atoms. The van der Waals surface area contributed by atoms with Crippen LogP contribution in [0.2, 0.25) is 0 Å². The van der Waals surface area contributed by atoms with Crippen LogP contribution < -0.4 is 5.32 Å². The zero-order valence-electron chi connectivity index (χ0n) is 8.38. The lowest BCUT2D eigenvalue weighted by atomic mass is 9.92. The van der Waals surface area contributed by atoms with Gasteiger partial charge in [-0.25, -0.2) is 0 Å². The molecule has 1 aromatic carbocycles. The quantitative estimate of drug-likeness (QED) is 0.770. The fraction of sp³-hybridized carbons (Fsp3) is 0.417. The lowest BCUT2D eigenvalue weighted by molar-refractivity contribution is 0.445. The van der Waals surface area contributed by atoms with E-state index in [4.69, 9.17) is 5.26 Å². The number of anilines is 1. The van der Waals surface area contributed by atoms with Crippen molar-refractivity contribution >= 4 is 5.69 Å². The molecule has 1 N–H and O–H groups in total. The topological polar surface area (TPSA) is 35.8 Å². The maximum Gasteiger partial charge on any atom is 0.102 e. The molecule has 2 rings (SSSR count). The molecule has 0 amide bonds. The van der Waals surface area contributed by atoms with Gasteiger partial charge in [0.05, 0.1) is 11.3 Å². The summed E-state index contributed by atoms with van der Waals surface area (Å²) in [6, 6.07) is 8.81. The van der Waals surface area contributed by atoms with Crippen molar-refractivity contribution in [2.75, 3.05) is 5.32 Å². The Morgan fingerprint density at radius 2 is 2.21 bits per heavy atom. The highest BCUT2D eigenvalue weighted by Gasteiger charge is 2.18. The highest BCUT2D eigenvalue weighted by atomic mass is 14.9. The number of rotatable bonds is 2. The predicted octanol–water partition coefficient (Wildman–Crippen LogP) is 2.83. The van der Waals surface area contributed by atoms with Crippen molar-refractivity contribution < 1.29 is 0 Å². The summed E-state index contributed by atoms with van der Waals surface area (Å²) >= 11 is 0. The molecule has 1 aromatic rings. The van der Waals surface area contributed by atoms with Crippen molar-refractivity contribution in [3.63, 3.8) is 0 Å². The van der Waals surface area contributed by atoms with Crippen LogP contribution in [-0.2, 0) is 0 Å². The van der Waals surface area contributed by atoms with Gasteiger partial charge in [-0.3, -0.25) is 0 Å². The Bertz CT molecular complexity index is 372. The average Bonchev–Trinajstić information content (AvgIpc) is 2.11. The molecule has 0 spiro atoms. The summed E-state index contributed by atoms with van der Waals surface area (Å²) in [5, 5.41) is 12.4. The van der Waals surface area contributed by atoms with Gasteiger partial charge >= 0.3 is 0 Å². The minimum absolute atomic E-state index is 0.587. The van der Waals surface area contributed by atoms with E-state index in [1.807, 2.05) is 25.1 Å². The number of nitrogens with zero attached hydrogens (tertiary/aromatic N) is 1. The van der Waals surface area contributed by atoms with Gasteiger partial charge in [0.2, 0.25) is 0 Å². The minimum Gasteiger partial charge on any atom is -0.381 e. The molecule has 1 fully saturated rings. The van der Waals surface area contributed by atoms with Crippen LogP contribution in [0.1, 0.15) is 30.4 Å². The van der Waals surface area contributed by atoms with E-state index < -0.39 is 0 Å². The predicted molar refractivity (Wildman–Crippen MR) is 57.2 cm³/mol. The largest absolute Gasteiger partial charge is 0.381 e. The summed E-state index contributed by atoms with van der Waals surface area (Å²) < 4.78 is 0. The van der Waals surface area contributed by atoms with E-state index >= 15 is 0 Å². The molecule has 0 unspecified atom stereocenters. The molecular weight excluding hydrogens is 172 g/mol. The van der Waals surface area contributed by atoms with Gasteiger partial charge in [0.15, 0.2) is 0 Å². The summed E-state index contributed by atoms with van der Waals surface area (Å²) in [6.07, 6.45) is 3.78. The van der Waals surface area contributed by atoms with Crippen molar-refractivity contribution in [1.82, 2.24) is 0 Å². The zero-order valence-corrected chi connectivity index (χ0v) is 8.38. The summed E-state index contributed by atoms with van der Waals surface area (Å²) in [5.74, 6) is 0. The summed E-state index contributed by atoms with van der Waals surface area (Å²) in [5.41, 5.74) is 2.84. The van der Waals surface area contributed by atoms with E-state index in [0.29, 0.717) is 6.04 Å². The maximum atomic E-state index is 9.01. The third kappa shape index (κ3) is 1.58. The molecule has 14 heavy (non-hydrogen) atoms. The second-order valence-electron chi connectivity index (χ2n) is 3.88. The Balaban J connectivity index is 2.23. The third-order valence-corrected chi connectivity index (χ3v) is 2.85. The summed E-state index contributed by atoms with van der Waals surface area (Å²) in [6.45, 7) is 1.98. The first-order valence-electron chi connectivity index (χ1n) is 5.07. The highest BCUT2D eigenvalue weighted by molar-refractivity contribution is 5.61. The van der Waals surface area contributed by atoms with E-state index in [2.05, 4.69) is 11.4 Å². The third-order valence-electron chi connectivity index (χ3n) is 2.85. The monoisotopic (exact) mass is 186 g/mol. The van der Waals surface area contributed by atoms with Crippen LogP contribution in [0.3, 0.4) is 0 Å². The molecule has 1 aliphatic rings. The van der Waals surface area contributed by atoms with Gasteiger partial charge in [-0.1, -0.05) is 12.1 Å². The van der Waals surface area contributed by atoms with E-state index in [-0.39, 0.29) is 0 Å². The smallest absolute Gasteiger partial charge is 0.102 e. The molecule has 0 aromatic heterocycles.